The van der Waals surface area contributed by atoms with E-state index in [1.165, 1.54) is 67.2 Å². The van der Waals surface area contributed by atoms with E-state index in [0.717, 1.165) is 154 Å². The molecule has 12 aliphatic rings. The molecule has 460 valence electrons. The molecule has 5 heterocycles. The average molecular weight is 1170 g/mol. The van der Waals surface area contributed by atoms with Crippen LogP contribution >= 0.6 is 0 Å². The predicted molar refractivity (Wildman–Crippen MR) is 343 cm³/mol. The van der Waals surface area contributed by atoms with Crippen LogP contribution in [-0.2, 0) is 45.0 Å². The minimum absolute atomic E-state index is 0.0410. The van der Waals surface area contributed by atoms with Gasteiger partial charge in [-0.2, -0.15) is 0 Å². The van der Waals surface area contributed by atoms with Crippen LogP contribution in [0.4, 0.5) is 0 Å². The van der Waals surface area contributed by atoms with Crippen LogP contribution in [0.2, 0.25) is 0 Å². The van der Waals surface area contributed by atoms with Crippen molar-refractivity contribution in [1.29, 1.82) is 0 Å². The maximum atomic E-state index is 15.4. The summed E-state index contributed by atoms with van der Waals surface area (Å²) in [7, 11) is 2.08. The van der Waals surface area contributed by atoms with Gasteiger partial charge in [-0.25, -0.2) is 9.59 Å². The third kappa shape index (κ3) is 11.5. The molecule has 11 atom stereocenters. The molecule has 7 aliphatic carbocycles. The molecule has 4 saturated carbocycles. The Kier molecular flexibility index (Phi) is 17.2. The van der Waals surface area contributed by atoms with Crippen LogP contribution in [0.5, 0.6) is 5.75 Å². The third-order valence-corrected chi connectivity index (χ3v) is 23.6. The molecule has 4 aromatic carbocycles. The maximum absolute atomic E-state index is 15.4. The molecule has 11 heteroatoms. The number of ether oxygens (including phenoxy) is 2. The fraction of sp³-hybridized carbons (Fsp3) is 0.553. The summed E-state index contributed by atoms with van der Waals surface area (Å²) in [6.45, 7) is 6.09. The van der Waals surface area contributed by atoms with Crippen molar-refractivity contribution in [3.05, 3.63) is 165 Å². The van der Waals surface area contributed by atoms with Gasteiger partial charge in [0.2, 0.25) is 0 Å². The molecule has 5 aliphatic heterocycles. The number of aromatic hydroxyl groups is 1. The third-order valence-electron chi connectivity index (χ3n) is 23.6. The van der Waals surface area contributed by atoms with Gasteiger partial charge in [0.25, 0.3) is 0 Å². The number of aliphatic hydroxyl groups excluding tert-OH is 1. The highest BCUT2D eigenvalue weighted by Crippen LogP contribution is 2.72. The van der Waals surface area contributed by atoms with E-state index in [2.05, 4.69) is 126 Å². The van der Waals surface area contributed by atoms with Crippen LogP contribution in [-0.4, -0.2) is 67.1 Å². The lowest BCUT2D eigenvalue weighted by molar-refractivity contribution is -0.135. The first-order valence-corrected chi connectivity index (χ1v) is 34.3. The summed E-state index contributed by atoms with van der Waals surface area (Å²) in [5.74, 6) is 1.89. The Morgan fingerprint density at radius 2 is 1.62 bits per heavy atom. The van der Waals surface area contributed by atoms with Crippen molar-refractivity contribution in [2.45, 2.75) is 186 Å². The van der Waals surface area contributed by atoms with Gasteiger partial charge in [-0.3, -0.25) is 0 Å². The topological polar surface area (TPSA) is 153 Å². The molecule has 0 unspecified atom stereocenters. The number of esters is 2. The van der Waals surface area contributed by atoms with E-state index in [9.17, 15) is 10.2 Å². The lowest BCUT2D eigenvalue weighted by atomic mass is 9.44. The van der Waals surface area contributed by atoms with Crippen LogP contribution < -0.4 is 26.6 Å². The van der Waals surface area contributed by atoms with Crippen LogP contribution in [0.25, 0.3) is 16.7 Å². The second kappa shape index (κ2) is 25.3. The number of cyclic esters (lactones) is 1. The van der Waals surface area contributed by atoms with Gasteiger partial charge in [0, 0.05) is 48.8 Å². The van der Waals surface area contributed by atoms with Crippen molar-refractivity contribution in [2.75, 3.05) is 26.7 Å². The standard InChI is InChI=1S/C76H95N5O6/c1-3-47(35-48-13-6-4-7-14-48)40-66-76-32-26-60-61-23-24-62-65(86-73(84)69(62)70(61)76)27-31-75(56-29-34-79-67(41-56)77-2)30-25-54(43-75)72(81-46-64(83)52-16-8-5-9-17-52)55-37-49(36-51(39-55)45-80-57-19-10-11-20-57)28-33-78-44-50-15-12-18-53(38-50)59-22-21-58(82)42-63(59)68(60)71(76)74(85)87-66/h4,6-7,12-15,18,21-22,27,36-40,42,47,52,54,56-57,60-61,64,67,70,72,77-83H,3,5,8-11,16-17,19-20,23-26,28-35,41,43-46H2,1-2H3/b65-27?,66-40-/t47-,54-,56+,60+,61-,64-,67-,70+,72-,75+,76+/m0/s1. The Hall–Kier alpha value is -5.66. The Morgan fingerprint density at radius 3 is 2.46 bits per heavy atom. The Balaban J connectivity index is 0.908. The lowest BCUT2D eigenvalue weighted by Crippen LogP contribution is -2.52. The normalized spacial score (nSPS) is 31.3. The number of hydrogen-bond acceptors (Lipinski definition) is 11. The molecule has 4 aromatic rings. The number of nitrogens with one attached hydrogen (secondary N) is 5. The fourth-order valence-corrected chi connectivity index (χ4v) is 19.3. The SMILES string of the molecule is CC[C@H](/C=C1\OC(=O)C2=C3c4cc(O)ccc4-c4cccc(c4)CNCCc4cc(CNC5CCCC5)cc(c4)[C@@H](NC[C@H](O)C4CCCCC4)[C@H]4CC[C@@]([C@@H]5CCN[C@H](NC)C5)(CC=C5OC(=O)C6=C5CC[C@H]5[C@H]3CC[C@@]21[C@@H]65)C4)Cc1ccccc1. The number of rotatable bonds is 13. The number of fused-ring (bicyclic) bond motifs is 5. The highest BCUT2D eigenvalue weighted by molar-refractivity contribution is 6.07. The molecule has 0 amide bonds. The van der Waals surface area contributed by atoms with Crippen molar-refractivity contribution < 1.29 is 29.3 Å². The number of benzene rings is 4. The molecule has 7 N–H and O–H groups in total. The van der Waals surface area contributed by atoms with Gasteiger partial charge in [0.05, 0.1) is 23.3 Å². The van der Waals surface area contributed by atoms with Crippen LogP contribution in [0.15, 0.2) is 131 Å². The van der Waals surface area contributed by atoms with Gasteiger partial charge in [-0.1, -0.05) is 112 Å². The molecule has 1 spiro atoms. The Bertz CT molecular complexity index is 3340. The monoisotopic (exact) mass is 1170 g/mol. The molecule has 2 saturated heterocycles. The van der Waals surface area contributed by atoms with Gasteiger partial charge >= 0.3 is 11.9 Å². The average Bonchev–Trinajstić information content (AvgIpc) is 1.64. The van der Waals surface area contributed by atoms with Crippen molar-refractivity contribution >= 4 is 17.5 Å². The number of hydrogen-bond donors (Lipinski definition) is 7. The van der Waals surface area contributed by atoms with Crippen LogP contribution in [0.1, 0.15) is 175 Å². The Labute approximate surface area is 517 Å². The number of carbonyl (C=O) groups excluding carboxylic acids is 2. The van der Waals surface area contributed by atoms with E-state index in [-0.39, 0.29) is 59.0 Å². The smallest absolute Gasteiger partial charge is 0.340 e. The summed E-state index contributed by atoms with van der Waals surface area (Å²) < 4.78 is 13.6. The van der Waals surface area contributed by atoms with Gasteiger partial charge in [-0.15, -0.1) is 0 Å². The van der Waals surface area contributed by atoms with Gasteiger partial charge in [0.1, 0.15) is 17.3 Å². The zero-order valence-corrected chi connectivity index (χ0v) is 51.8. The number of phenolic OH excluding ortho intramolecular Hbond substituents is 1. The number of piperidine rings is 1. The van der Waals surface area contributed by atoms with E-state index in [4.69, 9.17) is 9.47 Å². The summed E-state index contributed by atoms with van der Waals surface area (Å²) in [6.07, 6.45) is 27.1. The minimum Gasteiger partial charge on any atom is -0.508 e. The van der Waals surface area contributed by atoms with E-state index >= 15 is 9.59 Å². The molecule has 6 fully saturated rings. The zero-order valence-electron chi connectivity index (χ0n) is 51.8. The summed E-state index contributed by atoms with van der Waals surface area (Å²) >= 11 is 0. The molecule has 87 heavy (non-hydrogen) atoms. The van der Waals surface area contributed by atoms with E-state index in [1.807, 2.05) is 12.1 Å². The molecule has 0 aromatic heterocycles. The number of allylic oxidation sites excluding steroid dienone is 5. The molecule has 14 bridgehead atoms. The van der Waals surface area contributed by atoms with Crippen LogP contribution in [0, 0.1) is 52.3 Å². The number of carbonyl (C=O) groups is 2. The second-order valence-corrected chi connectivity index (χ2v) is 28.5. The highest BCUT2D eigenvalue weighted by atomic mass is 16.6. The largest absolute Gasteiger partial charge is 0.508 e. The number of phenols is 1. The first kappa shape index (κ1) is 59.0. The fourth-order valence-electron chi connectivity index (χ4n) is 19.3. The van der Waals surface area contributed by atoms with Crippen molar-refractivity contribution in [3.8, 4) is 16.9 Å². The molecule has 16 rings (SSSR count). The second-order valence-electron chi connectivity index (χ2n) is 28.5. The van der Waals surface area contributed by atoms with E-state index in [0.29, 0.717) is 54.6 Å². The van der Waals surface area contributed by atoms with E-state index in [1.54, 1.807) is 6.07 Å². The van der Waals surface area contributed by atoms with Crippen molar-refractivity contribution in [1.82, 2.24) is 26.6 Å². The first-order valence-electron chi connectivity index (χ1n) is 34.3. The molecule has 0 radical (unpaired) electrons. The number of aliphatic hydroxyl groups is 1. The first-order chi connectivity index (χ1) is 42.6. The molecular formula is C76H95N5O6. The highest BCUT2D eigenvalue weighted by Gasteiger charge is 2.69. The quantitative estimate of drug-likeness (QED) is 0.0641. The maximum Gasteiger partial charge on any atom is 0.340 e. The zero-order chi connectivity index (χ0) is 59.2. The van der Waals surface area contributed by atoms with Gasteiger partial charge in [-0.05, 0) is 251 Å². The van der Waals surface area contributed by atoms with Crippen LogP contribution in [0.3, 0.4) is 0 Å². The van der Waals surface area contributed by atoms with Gasteiger partial charge in [0.15, 0.2) is 0 Å². The lowest BCUT2D eigenvalue weighted by Gasteiger charge is -2.56. The summed E-state index contributed by atoms with van der Waals surface area (Å²) in [5, 5.41) is 43.0. The molecule has 11 nitrogen and oxygen atoms in total. The minimum atomic E-state index is -0.890. The Morgan fingerprint density at radius 1 is 0.770 bits per heavy atom. The summed E-state index contributed by atoms with van der Waals surface area (Å²) in [4.78, 5) is 30.8. The predicted octanol–water partition coefficient (Wildman–Crippen LogP) is 13.4. The van der Waals surface area contributed by atoms with E-state index < -0.39 is 11.5 Å². The summed E-state index contributed by atoms with van der Waals surface area (Å²) in [6, 6.07) is 33.2. The summed E-state index contributed by atoms with van der Waals surface area (Å²) in [5.41, 5.74) is 11.8. The van der Waals surface area contributed by atoms with Gasteiger partial charge < -0.3 is 46.3 Å². The van der Waals surface area contributed by atoms with Crippen molar-refractivity contribution in [2.24, 2.45) is 52.3 Å². The molecular weight excluding hydrogens is 1080 g/mol. The van der Waals surface area contributed by atoms with Crippen molar-refractivity contribution in [3.63, 3.8) is 0 Å².